The lowest BCUT2D eigenvalue weighted by molar-refractivity contribution is -0.137. The van der Waals surface area contributed by atoms with E-state index in [0.29, 0.717) is 6.61 Å². The van der Waals surface area contributed by atoms with Crippen LogP contribution in [0.5, 0.6) is 5.75 Å². The summed E-state index contributed by atoms with van der Waals surface area (Å²) in [5.74, 6) is 0.166. The minimum Gasteiger partial charge on any atom is -0.494 e. The number of rotatable bonds is 4. The largest absolute Gasteiger partial charge is 0.494 e. The smallest absolute Gasteiger partial charge is 0.417 e. The van der Waals surface area contributed by atoms with Crippen LogP contribution in [0, 0.1) is 0 Å². The van der Waals surface area contributed by atoms with Gasteiger partial charge in [0.1, 0.15) is 10.7 Å². The molecule has 1 aromatic rings. The van der Waals surface area contributed by atoms with Crippen molar-refractivity contribution in [1.82, 2.24) is 0 Å². The molecule has 2 nitrogen and oxygen atoms in total. The highest BCUT2D eigenvalue weighted by Crippen LogP contribution is 2.34. The van der Waals surface area contributed by atoms with E-state index in [2.05, 4.69) is 12.2 Å². The lowest BCUT2D eigenvalue weighted by Crippen LogP contribution is -2.18. The Morgan fingerprint density at radius 2 is 2.06 bits per heavy atom. The average Bonchev–Trinajstić information content (AvgIpc) is 2.24. The first-order valence-corrected chi connectivity index (χ1v) is 5.41. The highest BCUT2D eigenvalue weighted by atomic mass is 32.1. The fourth-order valence-corrected chi connectivity index (χ4v) is 1.46. The predicted octanol–water partition coefficient (Wildman–Crippen LogP) is 3.13. The normalized spacial score (nSPS) is 11.3. The second kappa shape index (κ2) is 5.35. The van der Waals surface area contributed by atoms with E-state index in [0.717, 1.165) is 12.5 Å². The second-order valence-corrected chi connectivity index (χ2v) is 3.86. The summed E-state index contributed by atoms with van der Waals surface area (Å²) in [7, 11) is 0. The molecular formula is C11H12F3NOS. The van der Waals surface area contributed by atoms with Crippen LogP contribution in [-0.4, -0.2) is 11.6 Å². The SMILES string of the molecule is CCCOc1ccc(C(N)=S)c(C(F)(F)F)c1. The van der Waals surface area contributed by atoms with Gasteiger partial charge in [-0.3, -0.25) is 0 Å². The first-order chi connectivity index (χ1) is 7.86. The van der Waals surface area contributed by atoms with Crippen molar-refractivity contribution in [2.75, 3.05) is 6.61 Å². The molecular weight excluding hydrogens is 251 g/mol. The monoisotopic (exact) mass is 263 g/mol. The third-order valence-electron chi connectivity index (χ3n) is 2.03. The molecule has 6 heteroatoms. The van der Waals surface area contributed by atoms with Crippen LogP contribution >= 0.6 is 12.2 Å². The van der Waals surface area contributed by atoms with Gasteiger partial charge in [-0.1, -0.05) is 19.1 Å². The van der Waals surface area contributed by atoms with Crippen molar-refractivity contribution in [2.45, 2.75) is 19.5 Å². The van der Waals surface area contributed by atoms with Crippen molar-refractivity contribution in [2.24, 2.45) is 5.73 Å². The fourth-order valence-electron chi connectivity index (χ4n) is 1.28. The number of alkyl halides is 3. The van der Waals surface area contributed by atoms with Crippen LogP contribution in [0.3, 0.4) is 0 Å². The standard InChI is InChI=1S/C11H12F3NOS/c1-2-5-16-7-3-4-8(10(15)17)9(6-7)11(12,13)14/h3-4,6H,2,5H2,1H3,(H2,15,17). The third-order valence-corrected chi connectivity index (χ3v) is 2.25. The Morgan fingerprint density at radius 3 is 2.53 bits per heavy atom. The lowest BCUT2D eigenvalue weighted by Gasteiger charge is -2.14. The maximum atomic E-state index is 12.7. The van der Waals surface area contributed by atoms with Crippen molar-refractivity contribution in [1.29, 1.82) is 0 Å². The number of hydrogen-bond acceptors (Lipinski definition) is 2. The number of benzene rings is 1. The molecule has 0 bridgehead atoms. The van der Waals surface area contributed by atoms with Gasteiger partial charge in [0.2, 0.25) is 0 Å². The molecule has 1 rings (SSSR count). The third kappa shape index (κ3) is 3.59. The first kappa shape index (κ1) is 13.8. The highest BCUT2D eigenvalue weighted by Gasteiger charge is 2.34. The Hall–Kier alpha value is -1.30. The summed E-state index contributed by atoms with van der Waals surface area (Å²) < 4.78 is 43.4. The molecule has 0 saturated carbocycles. The Labute approximate surface area is 103 Å². The minimum absolute atomic E-state index is 0.166. The first-order valence-electron chi connectivity index (χ1n) is 5.00. The van der Waals surface area contributed by atoms with Crippen LogP contribution in [0.25, 0.3) is 0 Å². The molecule has 0 aliphatic carbocycles. The van der Waals surface area contributed by atoms with Gasteiger partial charge in [0.05, 0.1) is 12.2 Å². The minimum atomic E-state index is -4.50. The Kier molecular flexibility index (Phi) is 4.34. The Bertz CT molecular complexity index is 418. The topological polar surface area (TPSA) is 35.2 Å². The van der Waals surface area contributed by atoms with Gasteiger partial charge in [0.15, 0.2) is 0 Å². The Morgan fingerprint density at radius 1 is 1.41 bits per heavy atom. The maximum Gasteiger partial charge on any atom is 0.417 e. The van der Waals surface area contributed by atoms with E-state index in [1.54, 1.807) is 0 Å². The molecule has 0 fully saturated rings. The molecule has 17 heavy (non-hydrogen) atoms. The molecule has 1 aromatic carbocycles. The zero-order chi connectivity index (χ0) is 13.1. The molecule has 0 saturated heterocycles. The van der Waals surface area contributed by atoms with Gasteiger partial charge >= 0.3 is 6.18 Å². The summed E-state index contributed by atoms with van der Waals surface area (Å²) in [5, 5.41) is 0. The zero-order valence-electron chi connectivity index (χ0n) is 9.17. The van der Waals surface area contributed by atoms with E-state index in [1.165, 1.54) is 12.1 Å². The maximum absolute atomic E-state index is 12.7. The molecule has 0 atom stereocenters. The van der Waals surface area contributed by atoms with Gasteiger partial charge in [0.25, 0.3) is 0 Å². The van der Waals surface area contributed by atoms with E-state index in [-0.39, 0.29) is 16.3 Å². The molecule has 0 aromatic heterocycles. The van der Waals surface area contributed by atoms with Gasteiger partial charge in [-0.05, 0) is 24.6 Å². The van der Waals surface area contributed by atoms with Crippen LogP contribution < -0.4 is 10.5 Å². The summed E-state index contributed by atoms with van der Waals surface area (Å²) in [6, 6.07) is 3.58. The summed E-state index contributed by atoms with van der Waals surface area (Å²) in [4.78, 5) is -0.278. The number of nitrogens with two attached hydrogens (primary N) is 1. The molecule has 0 radical (unpaired) electrons. The highest BCUT2D eigenvalue weighted by molar-refractivity contribution is 7.80. The van der Waals surface area contributed by atoms with E-state index < -0.39 is 11.7 Å². The zero-order valence-corrected chi connectivity index (χ0v) is 9.99. The summed E-state index contributed by atoms with van der Waals surface area (Å²) >= 11 is 4.59. The molecule has 0 amide bonds. The van der Waals surface area contributed by atoms with Gasteiger partial charge in [0, 0.05) is 5.56 Å². The van der Waals surface area contributed by atoms with E-state index in [4.69, 9.17) is 10.5 Å². The van der Waals surface area contributed by atoms with Crippen molar-refractivity contribution in [3.8, 4) is 5.75 Å². The molecule has 94 valence electrons. The number of ether oxygens (including phenoxy) is 1. The lowest BCUT2D eigenvalue weighted by atomic mass is 10.1. The van der Waals surface area contributed by atoms with E-state index in [9.17, 15) is 13.2 Å². The van der Waals surface area contributed by atoms with Gasteiger partial charge in [-0.25, -0.2) is 0 Å². The molecule has 0 aliphatic heterocycles. The molecule has 2 N–H and O–H groups in total. The van der Waals surface area contributed by atoms with Crippen molar-refractivity contribution in [3.63, 3.8) is 0 Å². The fraction of sp³-hybridized carbons (Fsp3) is 0.364. The molecule has 0 heterocycles. The van der Waals surface area contributed by atoms with Gasteiger partial charge in [-0.2, -0.15) is 13.2 Å². The van der Waals surface area contributed by atoms with Crippen LogP contribution in [0.4, 0.5) is 13.2 Å². The number of hydrogen-bond donors (Lipinski definition) is 1. The Balaban J connectivity index is 3.15. The second-order valence-electron chi connectivity index (χ2n) is 3.42. The van der Waals surface area contributed by atoms with Crippen molar-refractivity contribution >= 4 is 17.2 Å². The van der Waals surface area contributed by atoms with Gasteiger partial charge in [-0.15, -0.1) is 0 Å². The molecule has 0 spiro atoms. The number of thiocarbonyl (C=S) groups is 1. The average molecular weight is 263 g/mol. The molecule has 0 unspecified atom stereocenters. The van der Waals surface area contributed by atoms with E-state index >= 15 is 0 Å². The van der Waals surface area contributed by atoms with Crippen LogP contribution in [-0.2, 0) is 6.18 Å². The van der Waals surface area contributed by atoms with Crippen LogP contribution in [0.1, 0.15) is 24.5 Å². The van der Waals surface area contributed by atoms with Crippen molar-refractivity contribution < 1.29 is 17.9 Å². The predicted molar refractivity (Wildman–Crippen MR) is 63.1 cm³/mol. The summed E-state index contributed by atoms with van der Waals surface area (Å²) in [6.07, 6.45) is -3.78. The van der Waals surface area contributed by atoms with Crippen molar-refractivity contribution in [3.05, 3.63) is 29.3 Å². The van der Waals surface area contributed by atoms with Crippen LogP contribution in [0.2, 0.25) is 0 Å². The quantitative estimate of drug-likeness (QED) is 0.848. The molecule has 0 aliphatic rings. The summed E-state index contributed by atoms with van der Waals surface area (Å²) in [6.45, 7) is 2.23. The summed E-state index contributed by atoms with van der Waals surface area (Å²) in [5.41, 5.74) is 4.21. The van der Waals surface area contributed by atoms with E-state index in [1.807, 2.05) is 6.92 Å². The van der Waals surface area contributed by atoms with Gasteiger partial charge < -0.3 is 10.5 Å². The number of halogens is 3. The van der Waals surface area contributed by atoms with Crippen LogP contribution in [0.15, 0.2) is 18.2 Å².